The Morgan fingerprint density at radius 3 is 1.77 bits per heavy atom. The number of hydrogen-bond acceptors (Lipinski definition) is 3. The first-order valence-electron chi connectivity index (χ1n) is 9.02. The molecule has 2 nitrogen and oxygen atoms in total. The second-order valence-electron chi connectivity index (χ2n) is 8.93. The summed E-state index contributed by atoms with van der Waals surface area (Å²) < 4.78 is 0. The highest BCUT2D eigenvalue weighted by Gasteiger charge is 2.27. The van der Waals surface area contributed by atoms with Crippen molar-refractivity contribution in [2.45, 2.75) is 70.6 Å². The number of aromatic hydroxyl groups is 1. The number of phenols is 1. The van der Waals surface area contributed by atoms with E-state index in [4.69, 9.17) is 0 Å². The molecule has 2 rings (SSSR count). The third-order valence-corrected chi connectivity index (χ3v) is 5.18. The van der Waals surface area contributed by atoms with Crippen LogP contribution in [0.1, 0.15) is 70.7 Å². The van der Waals surface area contributed by atoms with Gasteiger partial charge < -0.3 is 5.11 Å². The third-order valence-electron chi connectivity index (χ3n) is 4.42. The van der Waals surface area contributed by atoms with Crippen LogP contribution in [0, 0.1) is 0 Å². The fourth-order valence-corrected chi connectivity index (χ4v) is 3.90. The lowest BCUT2D eigenvalue weighted by Crippen LogP contribution is -2.21. The third kappa shape index (κ3) is 5.14. The lowest BCUT2D eigenvalue weighted by Gasteiger charge is -2.31. The number of rotatable bonds is 3. The van der Waals surface area contributed by atoms with Gasteiger partial charge in [0.2, 0.25) is 0 Å². The van der Waals surface area contributed by atoms with Crippen LogP contribution in [0.4, 0.5) is 0 Å². The summed E-state index contributed by atoms with van der Waals surface area (Å²) in [6, 6.07) is 11.8. The number of carbonyl (C=O) groups is 1. The van der Waals surface area contributed by atoms with Gasteiger partial charge in [-0.3, -0.25) is 4.79 Å². The molecule has 0 fully saturated rings. The average molecular weight is 371 g/mol. The highest BCUT2D eigenvalue weighted by Crippen LogP contribution is 2.39. The zero-order valence-corrected chi connectivity index (χ0v) is 17.8. The Kier molecular flexibility index (Phi) is 5.92. The standard InChI is InChI=1S/C23H30O2S/c1-15(24)26-18-13-20(22(2,3)4)19(21(14-18)23(5,6)7)12-16-8-10-17(25)11-9-16/h8-11,13-14,25H,12H2,1-7H3. The van der Waals surface area contributed by atoms with Crippen LogP contribution in [0.25, 0.3) is 0 Å². The molecule has 0 atom stereocenters. The molecule has 1 N–H and O–H groups in total. The molecule has 2 aromatic carbocycles. The van der Waals surface area contributed by atoms with E-state index in [2.05, 4.69) is 53.7 Å². The van der Waals surface area contributed by atoms with Gasteiger partial charge in [-0.05, 0) is 63.8 Å². The van der Waals surface area contributed by atoms with Crippen LogP contribution in [0.15, 0.2) is 41.3 Å². The van der Waals surface area contributed by atoms with Gasteiger partial charge >= 0.3 is 0 Å². The van der Waals surface area contributed by atoms with Gasteiger partial charge in [0.05, 0.1) is 0 Å². The highest BCUT2D eigenvalue weighted by atomic mass is 32.2. The monoisotopic (exact) mass is 370 g/mol. The molecule has 0 heterocycles. The Hall–Kier alpha value is -1.74. The van der Waals surface area contributed by atoms with E-state index < -0.39 is 0 Å². The normalized spacial score (nSPS) is 12.3. The molecule has 0 aromatic heterocycles. The van der Waals surface area contributed by atoms with Gasteiger partial charge in [-0.2, -0.15) is 0 Å². The Morgan fingerprint density at radius 2 is 1.38 bits per heavy atom. The van der Waals surface area contributed by atoms with E-state index in [1.54, 1.807) is 19.1 Å². The molecule has 0 saturated carbocycles. The van der Waals surface area contributed by atoms with Gasteiger partial charge in [0.15, 0.2) is 5.12 Å². The van der Waals surface area contributed by atoms with E-state index in [0.29, 0.717) is 0 Å². The summed E-state index contributed by atoms with van der Waals surface area (Å²) in [6.45, 7) is 14.9. The van der Waals surface area contributed by atoms with Crippen molar-refractivity contribution < 1.29 is 9.90 Å². The predicted molar refractivity (Wildman–Crippen MR) is 111 cm³/mol. The molecule has 140 valence electrons. The van der Waals surface area contributed by atoms with Crippen molar-refractivity contribution in [3.8, 4) is 5.75 Å². The Balaban J connectivity index is 2.68. The molecule has 2 aromatic rings. The molecule has 0 amide bonds. The van der Waals surface area contributed by atoms with Gasteiger partial charge in [0.25, 0.3) is 0 Å². The molecule has 0 spiro atoms. The zero-order chi connectivity index (χ0) is 19.7. The van der Waals surface area contributed by atoms with E-state index in [-0.39, 0.29) is 21.7 Å². The summed E-state index contributed by atoms with van der Waals surface area (Å²) in [5, 5.41) is 9.68. The van der Waals surface area contributed by atoms with Crippen molar-refractivity contribution in [3.05, 3.63) is 58.7 Å². The van der Waals surface area contributed by atoms with Crippen molar-refractivity contribution in [1.82, 2.24) is 0 Å². The summed E-state index contributed by atoms with van der Waals surface area (Å²) >= 11 is 1.30. The Bertz CT molecular complexity index is 755. The minimum absolute atomic E-state index is 0.0282. The topological polar surface area (TPSA) is 37.3 Å². The molecule has 0 saturated heterocycles. The first-order valence-corrected chi connectivity index (χ1v) is 9.84. The fourth-order valence-electron chi connectivity index (χ4n) is 3.22. The SMILES string of the molecule is CC(=O)Sc1cc(C(C)(C)C)c(Cc2ccc(O)cc2)c(C(C)(C)C)c1. The number of carbonyl (C=O) groups excluding carboxylic acids is 1. The Morgan fingerprint density at radius 1 is 0.923 bits per heavy atom. The van der Waals surface area contributed by atoms with Gasteiger partial charge in [-0.15, -0.1) is 0 Å². The minimum Gasteiger partial charge on any atom is -0.508 e. The van der Waals surface area contributed by atoms with Crippen LogP contribution in [0.2, 0.25) is 0 Å². The minimum atomic E-state index is -0.0282. The maximum absolute atomic E-state index is 11.7. The number of phenolic OH excluding ortho intramolecular Hbond substituents is 1. The molecular formula is C23H30O2S. The molecule has 0 bridgehead atoms. The summed E-state index contributed by atoms with van der Waals surface area (Å²) in [7, 11) is 0. The van der Waals surface area contributed by atoms with E-state index in [9.17, 15) is 9.90 Å². The highest BCUT2D eigenvalue weighted by molar-refractivity contribution is 8.13. The molecule has 3 heteroatoms. The second-order valence-corrected chi connectivity index (χ2v) is 10.2. The van der Waals surface area contributed by atoms with Gasteiger partial charge in [0, 0.05) is 11.8 Å². The molecule has 26 heavy (non-hydrogen) atoms. The molecular weight excluding hydrogens is 340 g/mol. The van der Waals surface area contributed by atoms with E-state index in [1.165, 1.54) is 34.0 Å². The van der Waals surface area contributed by atoms with Crippen LogP contribution in [0.5, 0.6) is 5.75 Å². The lowest BCUT2D eigenvalue weighted by atomic mass is 9.75. The van der Waals surface area contributed by atoms with Crippen molar-refractivity contribution in [1.29, 1.82) is 0 Å². The van der Waals surface area contributed by atoms with Crippen LogP contribution in [-0.4, -0.2) is 10.2 Å². The fraction of sp³-hybridized carbons (Fsp3) is 0.435. The molecule has 0 unspecified atom stereocenters. The number of benzene rings is 2. The maximum atomic E-state index is 11.7. The molecule has 0 aliphatic rings. The number of hydrogen-bond donors (Lipinski definition) is 1. The lowest BCUT2D eigenvalue weighted by molar-refractivity contribution is -0.109. The van der Waals surface area contributed by atoms with E-state index in [0.717, 1.165) is 11.3 Å². The smallest absolute Gasteiger partial charge is 0.190 e. The molecule has 0 aliphatic heterocycles. The predicted octanol–water partition coefficient (Wildman–Crippen LogP) is 6.22. The van der Waals surface area contributed by atoms with E-state index in [1.807, 2.05) is 12.1 Å². The van der Waals surface area contributed by atoms with Crippen LogP contribution < -0.4 is 0 Å². The van der Waals surface area contributed by atoms with Crippen molar-refractivity contribution in [2.75, 3.05) is 0 Å². The Labute approximate surface area is 162 Å². The van der Waals surface area contributed by atoms with Gasteiger partial charge in [-0.1, -0.05) is 65.4 Å². The quantitative estimate of drug-likeness (QED) is 0.652. The van der Waals surface area contributed by atoms with E-state index >= 15 is 0 Å². The maximum Gasteiger partial charge on any atom is 0.190 e. The zero-order valence-electron chi connectivity index (χ0n) is 16.9. The van der Waals surface area contributed by atoms with Gasteiger partial charge in [-0.25, -0.2) is 0 Å². The second kappa shape index (κ2) is 7.48. The molecule has 0 radical (unpaired) electrons. The largest absolute Gasteiger partial charge is 0.508 e. The first kappa shape index (κ1) is 20.6. The van der Waals surface area contributed by atoms with Gasteiger partial charge in [0.1, 0.15) is 5.75 Å². The van der Waals surface area contributed by atoms with Crippen LogP contribution in [0.3, 0.4) is 0 Å². The van der Waals surface area contributed by atoms with Crippen molar-refractivity contribution >= 4 is 16.9 Å². The summed E-state index contributed by atoms with van der Waals surface area (Å²) in [4.78, 5) is 12.7. The number of thioether (sulfide) groups is 1. The van der Waals surface area contributed by atoms with Crippen LogP contribution >= 0.6 is 11.8 Å². The van der Waals surface area contributed by atoms with Crippen molar-refractivity contribution in [2.24, 2.45) is 0 Å². The molecule has 0 aliphatic carbocycles. The summed E-state index contributed by atoms with van der Waals surface area (Å²) in [5.41, 5.74) is 5.00. The van der Waals surface area contributed by atoms with Crippen LogP contribution in [-0.2, 0) is 22.0 Å². The first-order chi connectivity index (χ1) is 11.9. The summed E-state index contributed by atoms with van der Waals surface area (Å²) in [6.07, 6.45) is 0.810. The average Bonchev–Trinajstić information content (AvgIpc) is 2.48. The van der Waals surface area contributed by atoms with Crippen molar-refractivity contribution in [3.63, 3.8) is 0 Å². The summed E-state index contributed by atoms with van der Waals surface area (Å²) in [5.74, 6) is 0.286.